The minimum absolute atomic E-state index is 0.120. The summed E-state index contributed by atoms with van der Waals surface area (Å²) in [6, 6.07) is 11.2. The molecule has 6 nitrogen and oxygen atoms in total. The van der Waals surface area contributed by atoms with Crippen LogP contribution in [0.2, 0.25) is 0 Å². The average Bonchev–Trinajstić information content (AvgIpc) is 2.70. The van der Waals surface area contributed by atoms with Crippen molar-refractivity contribution < 1.29 is 23.2 Å². The number of halogens is 2. The summed E-state index contributed by atoms with van der Waals surface area (Å²) in [5.41, 5.74) is 1.17. The fourth-order valence-corrected chi connectivity index (χ4v) is 3.71. The van der Waals surface area contributed by atoms with Gasteiger partial charge in [-0.2, -0.15) is 0 Å². The minimum Gasteiger partial charge on any atom is -0.356 e. The average molecular weight is 429 g/mol. The van der Waals surface area contributed by atoms with Gasteiger partial charge in [0, 0.05) is 18.7 Å². The van der Waals surface area contributed by atoms with Gasteiger partial charge in [-0.15, -0.1) is 0 Å². The Balaban J connectivity index is 1.57. The Kier molecular flexibility index (Phi) is 7.33. The molecule has 3 rings (SSSR count). The molecule has 2 aromatic carbocycles. The Labute approximate surface area is 179 Å². The molecule has 1 saturated heterocycles. The maximum atomic E-state index is 13.3. The molecule has 3 N–H and O–H groups in total. The second-order valence-corrected chi connectivity index (χ2v) is 7.73. The molecule has 2 aromatic rings. The van der Waals surface area contributed by atoms with Crippen molar-refractivity contribution in [3.8, 4) is 0 Å². The fraction of sp³-hybridized carbons (Fsp3) is 0.348. The predicted octanol–water partition coefficient (Wildman–Crippen LogP) is 1.88. The first-order valence-corrected chi connectivity index (χ1v) is 10.2. The number of amides is 3. The van der Waals surface area contributed by atoms with Crippen LogP contribution in [0.3, 0.4) is 0 Å². The van der Waals surface area contributed by atoms with Crippen LogP contribution in [0.25, 0.3) is 0 Å². The largest absolute Gasteiger partial charge is 0.356 e. The van der Waals surface area contributed by atoms with Gasteiger partial charge in [0.15, 0.2) is 0 Å². The summed E-state index contributed by atoms with van der Waals surface area (Å²) in [5, 5.41) is 8.24. The number of piperidine rings is 1. The van der Waals surface area contributed by atoms with E-state index in [1.807, 2.05) is 30.3 Å². The highest BCUT2D eigenvalue weighted by atomic mass is 19.1. The number of hydrogen-bond acceptors (Lipinski definition) is 3. The third kappa shape index (κ3) is 6.34. The van der Waals surface area contributed by atoms with Crippen LogP contribution in [0, 0.1) is 17.6 Å². The van der Waals surface area contributed by atoms with Crippen molar-refractivity contribution in [3.63, 3.8) is 0 Å². The molecule has 31 heavy (non-hydrogen) atoms. The van der Waals surface area contributed by atoms with Gasteiger partial charge < -0.3 is 16.0 Å². The van der Waals surface area contributed by atoms with Crippen LogP contribution in [0.5, 0.6) is 0 Å². The molecule has 0 radical (unpaired) electrons. The second kappa shape index (κ2) is 10.1. The molecule has 8 heteroatoms. The smallest absolute Gasteiger partial charge is 0.242 e. The van der Waals surface area contributed by atoms with E-state index in [4.69, 9.17) is 0 Å². The summed E-state index contributed by atoms with van der Waals surface area (Å²) in [5.74, 6) is -3.03. The number of carbonyl (C=O) groups excluding carboxylic acids is 3. The molecule has 1 aliphatic rings. The van der Waals surface area contributed by atoms with Crippen molar-refractivity contribution in [2.75, 3.05) is 6.54 Å². The Morgan fingerprint density at radius 3 is 2.45 bits per heavy atom. The van der Waals surface area contributed by atoms with E-state index in [1.54, 1.807) is 0 Å². The van der Waals surface area contributed by atoms with Gasteiger partial charge in [0.2, 0.25) is 17.7 Å². The number of rotatable bonds is 7. The summed E-state index contributed by atoms with van der Waals surface area (Å²) >= 11 is 0. The molecule has 1 unspecified atom stereocenters. The van der Waals surface area contributed by atoms with Crippen LogP contribution in [-0.2, 0) is 27.2 Å². The van der Waals surface area contributed by atoms with E-state index in [0.717, 1.165) is 23.8 Å². The Hall–Kier alpha value is -3.29. The van der Waals surface area contributed by atoms with E-state index >= 15 is 0 Å². The lowest BCUT2D eigenvalue weighted by molar-refractivity contribution is -0.131. The maximum absolute atomic E-state index is 13.3. The van der Waals surface area contributed by atoms with Crippen molar-refractivity contribution in [2.24, 2.45) is 5.92 Å². The van der Waals surface area contributed by atoms with E-state index in [0.29, 0.717) is 19.4 Å². The van der Waals surface area contributed by atoms with Crippen molar-refractivity contribution in [3.05, 3.63) is 71.3 Å². The third-order valence-corrected chi connectivity index (χ3v) is 5.26. The zero-order valence-electron chi connectivity index (χ0n) is 17.2. The molecule has 0 bridgehead atoms. The van der Waals surface area contributed by atoms with E-state index in [1.165, 1.54) is 6.92 Å². The summed E-state index contributed by atoms with van der Waals surface area (Å²) in [4.78, 5) is 37.2. The topological polar surface area (TPSA) is 87.3 Å². The quantitative estimate of drug-likeness (QED) is 0.628. The monoisotopic (exact) mass is 429 g/mol. The van der Waals surface area contributed by atoms with Crippen molar-refractivity contribution in [2.45, 2.75) is 38.3 Å². The molecule has 1 fully saturated rings. The van der Waals surface area contributed by atoms with Gasteiger partial charge in [-0.1, -0.05) is 30.3 Å². The molecule has 1 heterocycles. The van der Waals surface area contributed by atoms with E-state index in [9.17, 15) is 23.2 Å². The molecule has 164 valence electrons. The Bertz CT molecular complexity index is 932. The fourth-order valence-electron chi connectivity index (χ4n) is 3.71. The van der Waals surface area contributed by atoms with Crippen LogP contribution in [0.4, 0.5) is 8.78 Å². The van der Waals surface area contributed by atoms with Gasteiger partial charge in [-0.3, -0.25) is 14.4 Å². The Morgan fingerprint density at radius 2 is 1.77 bits per heavy atom. The molecular weight excluding hydrogens is 404 g/mol. The lowest BCUT2D eigenvalue weighted by atomic mass is 9.86. The normalized spacial score (nSPS) is 19.3. The second-order valence-electron chi connectivity index (χ2n) is 7.73. The molecule has 3 atom stereocenters. The highest BCUT2D eigenvalue weighted by Gasteiger charge is 2.34. The summed E-state index contributed by atoms with van der Waals surface area (Å²) in [7, 11) is 0. The van der Waals surface area contributed by atoms with E-state index < -0.39 is 35.4 Å². The highest BCUT2D eigenvalue weighted by molar-refractivity contribution is 5.89. The third-order valence-electron chi connectivity index (χ3n) is 5.26. The first-order chi connectivity index (χ1) is 14.8. The molecule has 0 spiro atoms. The van der Waals surface area contributed by atoms with Crippen LogP contribution in [0.15, 0.2) is 48.5 Å². The number of benzene rings is 2. The molecule has 1 aliphatic heterocycles. The molecule has 0 aromatic heterocycles. The molecule has 0 saturated carbocycles. The van der Waals surface area contributed by atoms with Gasteiger partial charge in [0.1, 0.15) is 17.7 Å². The first-order valence-electron chi connectivity index (χ1n) is 10.2. The summed E-state index contributed by atoms with van der Waals surface area (Å²) < 4.78 is 26.6. The van der Waals surface area contributed by atoms with E-state index in [-0.39, 0.29) is 23.9 Å². The zero-order valence-corrected chi connectivity index (χ0v) is 17.2. The highest BCUT2D eigenvalue weighted by Crippen LogP contribution is 2.19. The lowest BCUT2D eigenvalue weighted by Gasteiger charge is -2.32. The molecule has 3 amide bonds. The van der Waals surface area contributed by atoms with Gasteiger partial charge >= 0.3 is 0 Å². The molecular formula is C23H25F2N3O3. The van der Waals surface area contributed by atoms with Crippen LogP contribution >= 0.6 is 0 Å². The van der Waals surface area contributed by atoms with Crippen molar-refractivity contribution >= 4 is 17.7 Å². The van der Waals surface area contributed by atoms with Crippen molar-refractivity contribution in [1.82, 2.24) is 16.0 Å². The van der Waals surface area contributed by atoms with Gasteiger partial charge in [-0.05, 0) is 43.0 Å². The number of hydrogen-bond donors (Lipinski definition) is 3. The Morgan fingerprint density at radius 1 is 1.10 bits per heavy atom. The van der Waals surface area contributed by atoms with Crippen LogP contribution in [0.1, 0.15) is 24.5 Å². The predicted molar refractivity (Wildman–Crippen MR) is 111 cm³/mol. The first kappa shape index (κ1) is 22.4. The number of nitrogens with one attached hydrogen (secondary N) is 3. The lowest BCUT2D eigenvalue weighted by Crippen LogP contribution is -2.56. The van der Waals surface area contributed by atoms with Gasteiger partial charge in [0.05, 0.1) is 12.3 Å². The SMILES string of the molecule is C[C@H](NC(=O)Cc1cc(F)cc(F)c1)C(=O)N[C@H]1CCNC(=O)C1Cc1ccccc1. The standard InChI is InChI=1S/C23H25F2N3O3/c1-14(27-21(29)12-16-9-17(24)13-18(25)10-16)22(30)28-20-7-8-26-23(31)19(20)11-15-5-3-2-4-6-15/h2-6,9-10,13-14,19-20H,7-8,11-12H2,1H3,(H,26,31)(H,27,29)(H,28,30)/t14-,19?,20-/m0/s1. The van der Waals surface area contributed by atoms with Crippen LogP contribution < -0.4 is 16.0 Å². The summed E-state index contributed by atoms with van der Waals surface area (Å²) in [6.45, 7) is 1.98. The van der Waals surface area contributed by atoms with Gasteiger partial charge in [-0.25, -0.2) is 8.78 Å². The number of carbonyl (C=O) groups is 3. The van der Waals surface area contributed by atoms with Crippen molar-refractivity contribution in [1.29, 1.82) is 0 Å². The summed E-state index contributed by atoms with van der Waals surface area (Å²) in [6.07, 6.45) is 0.816. The van der Waals surface area contributed by atoms with E-state index in [2.05, 4.69) is 16.0 Å². The minimum atomic E-state index is -0.867. The molecule has 0 aliphatic carbocycles. The van der Waals surface area contributed by atoms with Gasteiger partial charge in [0.25, 0.3) is 0 Å². The zero-order chi connectivity index (χ0) is 22.4. The van der Waals surface area contributed by atoms with Crippen LogP contribution in [-0.4, -0.2) is 36.3 Å². The maximum Gasteiger partial charge on any atom is 0.242 e.